The highest BCUT2D eigenvalue weighted by Crippen LogP contribution is 2.13. The molecule has 0 saturated carbocycles. The topological polar surface area (TPSA) is 46.6 Å². The van der Waals surface area contributed by atoms with Gasteiger partial charge in [-0.25, -0.2) is 4.98 Å². The quantitative estimate of drug-likeness (QED) is 0.925. The van der Waals surface area contributed by atoms with Gasteiger partial charge in [-0.3, -0.25) is 4.90 Å². The van der Waals surface area contributed by atoms with Gasteiger partial charge in [-0.2, -0.15) is 0 Å². The first-order valence-corrected chi connectivity index (χ1v) is 6.63. The number of nitrogens with zero attached hydrogens (tertiary/aromatic N) is 3. The molecule has 1 fully saturated rings. The van der Waals surface area contributed by atoms with E-state index in [9.17, 15) is 0 Å². The second-order valence-corrected chi connectivity index (χ2v) is 5.34. The van der Waals surface area contributed by atoms with E-state index in [0.717, 1.165) is 37.4 Å². The van der Waals surface area contributed by atoms with E-state index in [2.05, 4.69) is 45.7 Å². The number of halogens is 2. The van der Waals surface area contributed by atoms with Crippen molar-refractivity contribution in [3.63, 3.8) is 0 Å². The van der Waals surface area contributed by atoms with Crippen LogP contribution in [0.25, 0.3) is 5.65 Å². The minimum absolute atomic E-state index is 0. The van der Waals surface area contributed by atoms with Gasteiger partial charge in [-0.05, 0) is 37.9 Å². The summed E-state index contributed by atoms with van der Waals surface area (Å²) in [6, 6.07) is 4.50. The predicted octanol–water partition coefficient (Wildman–Crippen LogP) is 2.41. The van der Waals surface area contributed by atoms with E-state index in [1.807, 2.05) is 0 Å². The molecule has 112 valence electrons. The summed E-state index contributed by atoms with van der Waals surface area (Å²) in [6.07, 6.45) is 6.60. The summed E-state index contributed by atoms with van der Waals surface area (Å²) in [5.74, 6) is 0. The Bertz CT molecular complexity index is 555. The highest BCUT2D eigenvalue weighted by Gasteiger charge is 2.17. The monoisotopic (exact) mass is 316 g/mol. The number of imidazole rings is 1. The van der Waals surface area contributed by atoms with Crippen LogP contribution in [0.2, 0.25) is 0 Å². The summed E-state index contributed by atoms with van der Waals surface area (Å²) in [4.78, 5) is 7.06. The van der Waals surface area contributed by atoms with Crippen molar-refractivity contribution >= 4 is 30.5 Å². The Labute approximate surface area is 132 Å². The van der Waals surface area contributed by atoms with Crippen molar-refractivity contribution < 1.29 is 0 Å². The third-order valence-corrected chi connectivity index (χ3v) is 3.58. The first-order valence-electron chi connectivity index (χ1n) is 6.63. The Morgan fingerprint density at radius 1 is 1.30 bits per heavy atom. The molecule has 0 radical (unpaired) electrons. The van der Waals surface area contributed by atoms with E-state index in [0.29, 0.717) is 6.04 Å². The predicted molar refractivity (Wildman–Crippen MR) is 86.9 cm³/mol. The number of hydrogen-bond donors (Lipinski definition) is 1. The van der Waals surface area contributed by atoms with Crippen molar-refractivity contribution in [3.8, 4) is 0 Å². The van der Waals surface area contributed by atoms with Crippen LogP contribution in [0.1, 0.15) is 24.1 Å². The van der Waals surface area contributed by atoms with E-state index in [4.69, 9.17) is 5.73 Å². The number of nitrogens with two attached hydrogens (primary N) is 1. The fourth-order valence-corrected chi connectivity index (χ4v) is 2.70. The molecule has 0 aliphatic carbocycles. The number of likely N-dealkylation sites (tertiary alicyclic amines) is 1. The van der Waals surface area contributed by atoms with E-state index in [-0.39, 0.29) is 24.8 Å². The zero-order valence-electron chi connectivity index (χ0n) is 11.7. The second kappa shape index (κ2) is 7.27. The largest absolute Gasteiger partial charge is 0.327 e. The van der Waals surface area contributed by atoms with Gasteiger partial charge >= 0.3 is 0 Å². The molecule has 1 atom stereocenters. The molecule has 2 aromatic rings. The molecule has 1 saturated heterocycles. The lowest BCUT2D eigenvalue weighted by Gasteiger charge is -2.29. The Morgan fingerprint density at radius 3 is 2.85 bits per heavy atom. The molecule has 0 bridgehead atoms. The first kappa shape index (κ1) is 17.2. The number of rotatable bonds is 2. The van der Waals surface area contributed by atoms with Crippen LogP contribution in [0.4, 0.5) is 0 Å². The molecule has 4 nitrogen and oxygen atoms in total. The Balaban J connectivity index is 0.000001000. The third kappa shape index (κ3) is 3.85. The van der Waals surface area contributed by atoms with Crippen molar-refractivity contribution in [1.29, 1.82) is 0 Å². The maximum absolute atomic E-state index is 6.01. The molecule has 0 aromatic carbocycles. The van der Waals surface area contributed by atoms with Crippen molar-refractivity contribution in [3.05, 3.63) is 35.8 Å². The summed E-state index contributed by atoms with van der Waals surface area (Å²) in [5.41, 5.74) is 9.42. The highest BCUT2D eigenvalue weighted by molar-refractivity contribution is 5.85. The normalized spacial score (nSPS) is 19.4. The van der Waals surface area contributed by atoms with Gasteiger partial charge in [0.05, 0.1) is 5.69 Å². The molecular formula is C14H22Cl2N4. The maximum Gasteiger partial charge on any atom is 0.137 e. The number of hydrogen-bond acceptors (Lipinski definition) is 3. The van der Waals surface area contributed by atoms with Crippen LogP contribution in [0.3, 0.4) is 0 Å². The number of piperidine rings is 1. The molecule has 2 aromatic heterocycles. The van der Waals surface area contributed by atoms with Gasteiger partial charge in [-0.15, -0.1) is 24.8 Å². The lowest BCUT2D eigenvalue weighted by Crippen LogP contribution is -2.42. The maximum atomic E-state index is 6.01. The van der Waals surface area contributed by atoms with Crippen molar-refractivity contribution in [1.82, 2.24) is 14.3 Å². The number of fused-ring (bicyclic) bond motifs is 1. The van der Waals surface area contributed by atoms with Crippen LogP contribution in [-0.2, 0) is 6.54 Å². The highest BCUT2D eigenvalue weighted by atomic mass is 35.5. The number of aromatic nitrogens is 2. The van der Waals surface area contributed by atoms with Crippen molar-refractivity contribution in [2.24, 2.45) is 5.73 Å². The van der Waals surface area contributed by atoms with Crippen LogP contribution in [0, 0.1) is 6.92 Å². The zero-order chi connectivity index (χ0) is 12.5. The van der Waals surface area contributed by atoms with Gasteiger partial charge in [0.1, 0.15) is 5.65 Å². The molecule has 2 N–H and O–H groups in total. The van der Waals surface area contributed by atoms with Crippen LogP contribution in [-0.4, -0.2) is 33.4 Å². The van der Waals surface area contributed by atoms with Crippen LogP contribution >= 0.6 is 24.8 Å². The first-order chi connectivity index (χ1) is 8.70. The molecule has 0 spiro atoms. The van der Waals surface area contributed by atoms with E-state index in [1.54, 1.807) is 0 Å². The Kier molecular flexibility index (Phi) is 6.27. The standard InChI is InChI=1S/C14H20N4.2ClH/c1-11-4-5-14-16-13(10-18(14)7-11)9-17-6-2-3-12(15)8-17;;/h4-5,7,10,12H,2-3,6,8-9,15H2,1H3;2*1H. The Hall–Kier alpha value is -0.810. The molecule has 1 unspecified atom stereocenters. The van der Waals surface area contributed by atoms with Crippen LogP contribution in [0.5, 0.6) is 0 Å². The molecule has 3 rings (SSSR count). The lowest BCUT2D eigenvalue weighted by molar-refractivity contribution is 0.200. The summed E-state index contributed by atoms with van der Waals surface area (Å²) in [6.45, 7) is 5.14. The zero-order valence-corrected chi connectivity index (χ0v) is 13.3. The molecule has 1 aliphatic heterocycles. The van der Waals surface area contributed by atoms with E-state index in [1.165, 1.54) is 12.0 Å². The Morgan fingerprint density at radius 2 is 2.10 bits per heavy atom. The van der Waals surface area contributed by atoms with Gasteiger partial charge in [0.2, 0.25) is 0 Å². The minimum Gasteiger partial charge on any atom is -0.327 e. The van der Waals surface area contributed by atoms with Crippen LogP contribution < -0.4 is 5.73 Å². The second-order valence-electron chi connectivity index (χ2n) is 5.34. The van der Waals surface area contributed by atoms with E-state index < -0.39 is 0 Å². The van der Waals surface area contributed by atoms with E-state index >= 15 is 0 Å². The minimum atomic E-state index is 0. The number of aryl methyl sites for hydroxylation is 1. The van der Waals surface area contributed by atoms with Gasteiger partial charge in [0.25, 0.3) is 0 Å². The smallest absolute Gasteiger partial charge is 0.137 e. The fourth-order valence-electron chi connectivity index (χ4n) is 2.70. The molecule has 1 aliphatic rings. The molecule has 6 heteroatoms. The van der Waals surface area contributed by atoms with Gasteiger partial charge in [0, 0.05) is 31.5 Å². The molecular weight excluding hydrogens is 295 g/mol. The fraction of sp³-hybridized carbons (Fsp3) is 0.500. The SMILES string of the molecule is Cc1ccc2nc(CN3CCCC(N)C3)cn2c1.Cl.Cl. The van der Waals surface area contributed by atoms with Gasteiger partial charge in [0.15, 0.2) is 0 Å². The van der Waals surface area contributed by atoms with Crippen LogP contribution in [0.15, 0.2) is 24.5 Å². The van der Waals surface area contributed by atoms with Gasteiger partial charge in [-0.1, -0.05) is 6.07 Å². The molecule has 20 heavy (non-hydrogen) atoms. The number of pyridine rings is 1. The third-order valence-electron chi connectivity index (χ3n) is 3.58. The summed E-state index contributed by atoms with van der Waals surface area (Å²) in [5, 5.41) is 0. The average molecular weight is 317 g/mol. The summed E-state index contributed by atoms with van der Waals surface area (Å²) >= 11 is 0. The molecule has 3 heterocycles. The van der Waals surface area contributed by atoms with Gasteiger partial charge < -0.3 is 10.1 Å². The summed E-state index contributed by atoms with van der Waals surface area (Å²) in [7, 11) is 0. The lowest BCUT2D eigenvalue weighted by atomic mass is 10.1. The summed E-state index contributed by atoms with van der Waals surface area (Å²) < 4.78 is 2.11. The van der Waals surface area contributed by atoms with Crippen molar-refractivity contribution in [2.75, 3.05) is 13.1 Å². The molecule has 0 amide bonds. The average Bonchev–Trinajstić information content (AvgIpc) is 2.70. The van der Waals surface area contributed by atoms with Crippen molar-refractivity contribution in [2.45, 2.75) is 32.4 Å².